The largest absolute Gasteiger partial charge is 0.497 e. The number of hydrogen-bond acceptors (Lipinski definition) is 11. The molecule has 0 radical (unpaired) electrons. The number of methoxy groups -OCH3 is 2. The predicted octanol–water partition coefficient (Wildman–Crippen LogP) is 25.1. The Morgan fingerprint density at radius 2 is 0.847 bits per heavy atom. The summed E-state index contributed by atoms with van der Waals surface area (Å²) in [5, 5.41) is 14.5. The normalized spacial score (nSPS) is 14.6. The van der Waals surface area contributed by atoms with Gasteiger partial charge in [-0.3, -0.25) is 23.9 Å². The van der Waals surface area contributed by atoms with Crippen LogP contribution in [0.2, 0.25) is 0 Å². The highest BCUT2D eigenvalue weighted by molar-refractivity contribution is 5.82. The number of aromatic nitrogens is 2. The number of amides is 1. The number of nitrogens with one attached hydrogen (secondary N) is 2. The molecular weight excluding hydrogens is 1390 g/mol. The lowest BCUT2D eigenvalue weighted by Crippen LogP contribution is -2.40. The highest BCUT2D eigenvalue weighted by Gasteiger charge is 2.47. The Balaban J connectivity index is 1.18. The van der Waals surface area contributed by atoms with Crippen LogP contribution in [-0.2, 0) is 31.2 Å². The molecule has 111 heavy (non-hydrogen) atoms. The Bertz CT molecular complexity index is 3210. The molecule has 5 aromatic rings. The fraction of sp³-hybridized carbons (Fsp3) is 0.688. The van der Waals surface area contributed by atoms with E-state index in [9.17, 15) is 24.3 Å². The Kier molecular flexibility index (Phi) is 49.0. The second-order valence-corrected chi connectivity index (χ2v) is 32.1. The number of aliphatic carboxylic acids is 1. The van der Waals surface area contributed by atoms with Gasteiger partial charge in [-0.15, -0.1) is 0 Å². The van der Waals surface area contributed by atoms with Crippen LogP contribution in [0.15, 0.2) is 107 Å². The first-order chi connectivity index (χ1) is 54.4. The summed E-state index contributed by atoms with van der Waals surface area (Å²) in [4.78, 5) is 57.5. The molecule has 4 atom stereocenters. The third-order valence-electron chi connectivity index (χ3n) is 22.9. The second-order valence-electron chi connectivity index (χ2n) is 32.1. The summed E-state index contributed by atoms with van der Waals surface area (Å²) in [6, 6.07) is 28.9. The summed E-state index contributed by atoms with van der Waals surface area (Å²) < 4.78 is 47.1. The number of aromatic amines is 1. The van der Waals surface area contributed by atoms with Gasteiger partial charge in [0.15, 0.2) is 11.5 Å². The Morgan fingerprint density at radius 1 is 0.495 bits per heavy atom. The molecule has 0 saturated carbocycles. The number of H-pyrrole nitrogens is 1. The van der Waals surface area contributed by atoms with Crippen molar-refractivity contribution in [2.75, 3.05) is 40.6 Å². The van der Waals surface area contributed by atoms with Gasteiger partial charge in [-0.1, -0.05) is 364 Å². The summed E-state index contributed by atoms with van der Waals surface area (Å²) in [6.45, 7) is 9.90. The lowest BCUT2D eigenvalue weighted by molar-refractivity contribution is -0.148. The van der Waals surface area contributed by atoms with Gasteiger partial charge in [0.05, 0.1) is 52.7 Å². The SMILES string of the molecule is CCCCCCCCCCCCCCCCCCOc1cc(CNC(=O)CC(C(=O)O)[C@H]2C[C@H](n3cc(C)c(=O)[nH]c3=O)O[C@@H]2COC(c2ccccc2)(c2ccc(OC)cc2)c2ccc(OC)cc2)cc(OCCCCCCCCCCCCCCCCCC)c1OCCCCCCCCCCCCCCCCCC. The van der Waals surface area contributed by atoms with Crippen LogP contribution in [0.3, 0.4) is 0 Å². The smallest absolute Gasteiger partial charge is 0.330 e. The first-order valence-corrected chi connectivity index (χ1v) is 45.0. The van der Waals surface area contributed by atoms with Crippen molar-refractivity contribution in [1.82, 2.24) is 14.9 Å². The average molecular weight is 1540 g/mol. The number of carboxylic acids is 1. The molecule has 1 amide bonds. The number of rotatable bonds is 69. The molecule has 1 aromatic heterocycles. The van der Waals surface area contributed by atoms with Gasteiger partial charge in [0.25, 0.3) is 5.56 Å². The van der Waals surface area contributed by atoms with Gasteiger partial charge in [-0.25, -0.2) is 4.79 Å². The summed E-state index contributed by atoms with van der Waals surface area (Å²) in [5.41, 5.74) is 0.778. The van der Waals surface area contributed by atoms with Crippen LogP contribution in [0.1, 0.15) is 376 Å². The van der Waals surface area contributed by atoms with Crippen molar-refractivity contribution >= 4 is 11.9 Å². The van der Waals surface area contributed by atoms with Crippen molar-refractivity contribution in [3.63, 3.8) is 0 Å². The van der Waals surface area contributed by atoms with Crippen molar-refractivity contribution in [3.05, 3.63) is 146 Å². The van der Waals surface area contributed by atoms with Crippen LogP contribution < -0.4 is 40.3 Å². The van der Waals surface area contributed by atoms with E-state index < -0.39 is 59.3 Å². The zero-order valence-electron chi connectivity index (χ0n) is 70.3. The van der Waals surface area contributed by atoms with Gasteiger partial charge < -0.3 is 43.6 Å². The van der Waals surface area contributed by atoms with E-state index in [0.717, 1.165) is 73.6 Å². The van der Waals surface area contributed by atoms with Crippen LogP contribution >= 0.6 is 0 Å². The van der Waals surface area contributed by atoms with Gasteiger partial charge in [0.2, 0.25) is 11.7 Å². The van der Waals surface area contributed by atoms with E-state index >= 15 is 0 Å². The summed E-state index contributed by atoms with van der Waals surface area (Å²) in [5.74, 6) is -0.773. The standard InChI is InChI=1S/C96H151N3O12/c1-7-10-13-16-19-22-25-28-31-34-37-40-43-46-49-55-68-107-87-71-79(72-88(108-69-56-50-47-44-41-38-35-32-29-26-23-20-17-14-11-8-2)92(87)109-70-57-51-48-45-42-39-36-33-30-27-24-21-18-15-12-9-3)75-97-90(100)73-86(94(102)103)85-74-91(99-76-78(4)93(101)98-95(99)104)111-89(85)77-110-96(80-58-53-52-54-59-80,81-60-64-83(105-5)65-61-81)82-62-66-84(106-6)67-63-82/h52-54,58-67,71-72,76,85-86,89,91H,7-51,55-57,68-70,73-75,77H2,1-6H3,(H,97,100)(H,102,103)(H,98,101,104)/t85-,86?,89-,91-/m1/s1. The molecule has 4 aromatic carbocycles. The molecular formula is C96H151N3O12. The number of carbonyl (C=O) groups is 2. The third-order valence-corrected chi connectivity index (χ3v) is 22.9. The summed E-state index contributed by atoms with van der Waals surface area (Å²) >= 11 is 0. The van der Waals surface area contributed by atoms with E-state index in [4.69, 9.17) is 33.2 Å². The van der Waals surface area contributed by atoms with E-state index in [2.05, 4.69) is 31.1 Å². The molecule has 1 fully saturated rings. The minimum absolute atomic E-state index is 0.0220. The van der Waals surface area contributed by atoms with Crippen LogP contribution in [-0.4, -0.2) is 73.3 Å². The Labute approximate surface area is 671 Å². The molecule has 1 aliphatic heterocycles. The zero-order valence-corrected chi connectivity index (χ0v) is 70.3. The first kappa shape index (κ1) is 93.3. The van der Waals surface area contributed by atoms with Gasteiger partial charge >= 0.3 is 11.7 Å². The van der Waals surface area contributed by atoms with Crippen molar-refractivity contribution < 1.29 is 47.9 Å². The number of benzene rings is 4. The molecule has 1 aliphatic rings. The monoisotopic (exact) mass is 1540 g/mol. The van der Waals surface area contributed by atoms with E-state index in [1.807, 2.05) is 91.0 Å². The zero-order chi connectivity index (χ0) is 79.0. The van der Waals surface area contributed by atoms with Crippen molar-refractivity contribution in [2.45, 2.75) is 373 Å². The number of unbranched alkanes of at least 4 members (excludes halogenated alkanes) is 45. The minimum atomic E-state index is -1.30. The second kappa shape index (κ2) is 58.3. The minimum Gasteiger partial charge on any atom is -0.497 e. The molecule has 0 spiro atoms. The molecule has 0 aliphatic carbocycles. The van der Waals surface area contributed by atoms with Crippen LogP contribution in [0.25, 0.3) is 0 Å². The third kappa shape index (κ3) is 36.2. The molecule has 1 unspecified atom stereocenters. The first-order valence-electron chi connectivity index (χ1n) is 45.0. The molecule has 3 N–H and O–H groups in total. The van der Waals surface area contributed by atoms with Crippen molar-refractivity contribution in [2.24, 2.45) is 11.8 Å². The fourth-order valence-corrected chi connectivity index (χ4v) is 16.1. The topological polar surface area (TPSA) is 186 Å². The van der Waals surface area contributed by atoms with Gasteiger partial charge in [-0.2, -0.15) is 0 Å². The number of nitrogens with zero attached hydrogens (tertiary/aromatic N) is 1. The van der Waals surface area contributed by atoms with E-state index in [0.29, 0.717) is 48.6 Å². The maximum Gasteiger partial charge on any atom is 0.330 e. The van der Waals surface area contributed by atoms with E-state index in [1.165, 1.54) is 268 Å². The lowest BCUT2D eigenvalue weighted by atomic mass is 9.79. The summed E-state index contributed by atoms with van der Waals surface area (Å²) in [7, 11) is 3.22. The average Bonchev–Trinajstić information content (AvgIpc) is 1.40. The van der Waals surface area contributed by atoms with Gasteiger partial charge in [-0.05, 0) is 91.3 Å². The number of aryl methyl sites for hydroxylation is 1. The predicted molar refractivity (Wildman–Crippen MR) is 455 cm³/mol. The number of ether oxygens (including phenoxy) is 7. The van der Waals surface area contributed by atoms with Crippen molar-refractivity contribution in [3.8, 4) is 28.7 Å². The summed E-state index contributed by atoms with van der Waals surface area (Å²) in [6.07, 6.45) is 60.8. The lowest BCUT2D eigenvalue weighted by Gasteiger charge is -2.37. The molecule has 622 valence electrons. The quantitative estimate of drug-likeness (QED) is 0.0247. The van der Waals surface area contributed by atoms with Crippen molar-refractivity contribution in [1.29, 1.82) is 0 Å². The molecule has 15 heteroatoms. The maximum absolute atomic E-state index is 14.7. The fourth-order valence-electron chi connectivity index (χ4n) is 16.1. The van der Waals surface area contributed by atoms with Crippen LogP contribution in [0.5, 0.6) is 28.7 Å². The Hall–Kier alpha value is -6.58. The van der Waals surface area contributed by atoms with Gasteiger partial charge in [0.1, 0.15) is 23.3 Å². The molecule has 0 bridgehead atoms. The van der Waals surface area contributed by atoms with E-state index in [1.54, 1.807) is 21.1 Å². The highest BCUT2D eigenvalue weighted by Crippen LogP contribution is 2.46. The van der Waals surface area contributed by atoms with Crippen LogP contribution in [0, 0.1) is 18.8 Å². The number of carboxylic acid groups (broad SMARTS) is 1. The molecule has 15 nitrogen and oxygen atoms in total. The number of hydrogen-bond donors (Lipinski definition) is 3. The molecule has 6 rings (SSSR count). The molecule has 2 heterocycles. The van der Waals surface area contributed by atoms with Gasteiger partial charge in [0, 0.05) is 30.6 Å². The highest BCUT2D eigenvalue weighted by atomic mass is 16.6. The molecule has 1 saturated heterocycles. The maximum atomic E-state index is 14.7. The Morgan fingerprint density at radius 3 is 1.21 bits per heavy atom. The van der Waals surface area contributed by atoms with E-state index in [-0.39, 0.29) is 25.1 Å². The number of carbonyl (C=O) groups excluding carboxylic acids is 1. The van der Waals surface area contributed by atoms with Crippen LogP contribution in [0.4, 0.5) is 0 Å².